The molecule has 2 nitrogen and oxygen atoms in total. The first-order chi connectivity index (χ1) is 7.74. The molecule has 2 aromatic heterocycles. The Morgan fingerprint density at radius 3 is 2.75 bits per heavy atom. The van der Waals surface area contributed by atoms with Crippen molar-refractivity contribution in [2.24, 2.45) is 5.84 Å². The third-order valence-electron chi connectivity index (χ3n) is 2.57. The van der Waals surface area contributed by atoms with E-state index in [0.29, 0.717) is 0 Å². The van der Waals surface area contributed by atoms with Gasteiger partial charge < -0.3 is 0 Å². The summed E-state index contributed by atoms with van der Waals surface area (Å²) in [5, 5.41) is 2.17. The van der Waals surface area contributed by atoms with Gasteiger partial charge in [0.1, 0.15) is 0 Å². The Labute approximate surface area is 104 Å². The molecule has 0 aliphatic carbocycles. The average molecular weight is 252 g/mol. The first-order valence-corrected chi connectivity index (χ1v) is 7.04. The predicted molar refractivity (Wildman–Crippen MR) is 71.9 cm³/mol. The average Bonchev–Trinajstić information content (AvgIpc) is 2.89. The molecule has 0 saturated heterocycles. The number of rotatable bonds is 4. The molecular formula is C12H16N2S2. The Morgan fingerprint density at radius 2 is 2.25 bits per heavy atom. The monoisotopic (exact) mass is 252 g/mol. The molecule has 1 atom stereocenters. The van der Waals surface area contributed by atoms with Crippen LogP contribution in [0.4, 0.5) is 0 Å². The third-order valence-corrected chi connectivity index (χ3v) is 4.74. The van der Waals surface area contributed by atoms with E-state index in [0.717, 1.165) is 6.42 Å². The van der Waals surface area contributed by atoms with Crippen LogP contribution in [0.25, 0.3) is 0 Å². The van der Waals surface area contributed by atoms with E-state index in [9.17, 15) is 0 Å². The normalized spacial score (nSPS) is 12.9. The number of nitrogens with two attached hydrogens (primary N) is 1. The number of hydrogen-bond donors (Lipinski definition) is 2. The highest BCUT2D eigenvalue weighted by Gasteiger charge is 2.15. The molecule has 2 aromatic rings. The summed E-state index contributed by atoms with van der Waals surface area (Å²) in [5.74, 6) is 5.66. The van der Waals surface area contributed by atoms with Crippen LogP contribution in [-0.2, 0) is 6.42 Å². The zero-order chi connectivity index (χ0) is 11.5. The second-order valence-corrected chi connectivity index (χ2v) is 6.06. The number of hydrazine groups is 1. The van der Waals surface area contributed by atoms with Gasteiger partial charge in [-0.3, -0.25) is 5.84 Å². The Bertz CT molecular complexity index is 459. The van der Waals surface area contributed by atoms with Gasteiger partial charge in [0.25, 0.3) is 0 Å². The fourth-order valence-corrected chi connectivity index (χ4v) is 3.47. The van der Waals surface area contributed by atoms with Gasteiger partial charge in [-0.05, 0) is 42.5 Å². The maximum Gasteiger partial charge on any atom is 0.0810 e. The fourth-order valence-electron chi connectivity index (χ4n) is 1.70. The van der Waals surface area contributed by atoms with Gasteiger partial charge in [0, 0.05) is 14.6 Å². The Hall–Kier alpha value is -0.680. The highest BCUT2D eigenvalue weighted by molar-refractivity contribution is 7.12. The van der Waals surface area contributed by atoms with Crippen molar-refractivity contribution < 1.29 is 0 Å². The molecule has 0 aromatic carbocycles. The van der Waals surface area contributed by atoms with Crippen molar-refractivity contribution in [1.82, 2.24) is 5.43 Å². The summed E-state index contributed by atoms with van der Waals surface area (Å²) in [6, 6.07) is 6.68. The lowest BCUT2D eigenvalue weighted by Crippen LogP contribution is -2.27. The van der Waals surface area contributed by atoms with Crippen molar-refractivity contribution in [1.29, 1.82) is 0 Å². The lowest BCUT2D eigenvalue weighted by Gasteiger charge is -2.12. The minimum absolute atomic E-state index is 0.134. The standard InChI is InChI=1S/C12H16N2S2/c1-3-10-4-5-11(16-10)12(14-13)9-6-8(2)15-7-9/h4-7,12,14H,3,13H2,1-2H3. The van der Waals surface area contributed by atoms with Crippen LogP contribution in [0, 0.1) is 6.92 Å². The molecule has 0 spiro atoms. The van der Waals surface area contributed by atoms with Gasteiger partial charge in [0.05, 0.1) is 6.04 Å². The van der Waals surface area contributed by atoms with E-state index >= 15 is 0 Å². The quantitative estimate of drug-likeness (QED) is 0.647. The van der Waals surface area contributed by atoms with Gasteiger partial charge in [-0.2, -0.15) is 0 Å². The largest absolute Gasteiger partial charge is 0.271 e. The van der Waals surface area contributed by atoms with Crippen molar-refractivity contribution in [3.8, 4) is 0 Å². The van der Waals surface area contributed by atoms with Crippen LogP contribution in [0.2, 0.25) is 0 Å². The van der Waals surface area contributed by atoms with Gasteiger partial charge in [-0.25, -0.2) is 5.43 Å². The summed E-state index contributed by atoms with van der Waals surface area (Å²) in [6.07, 6.45) is 1.09. The van der Waals surface area contributed by atoms with Gasteiger partial charge in [-0.1, -0.05) is 6.92 Å². The highest BCUT2D eigenvalue weighted by atomic mass is 32.1. The lowest BCUT2D eigenvalue weighted by atomic mass is 10.1. The van der Waals surface area contributed by atoms with E-state index in [-0.39, 0.29) is 6.04 Å². The summed E-state index contributed by atoms with van der Waals surface area (Å²) >= 11 is 3.60. The van der Waals surface area contributed by atoms with Crippen molar-refractivity contribution in [3.05, 3.63) is 43.8 Å². The SMILES string of the molecule is CCc1ccc(C(NN)c2csc(C)c2)s1. The molecule has 0 amide bonds. The van der Waals surface area contributed by atoms with Crippen molar-refractivity contribution in [2.45, 2.75) is 26.3 Å². The number of hydrogen-bond acceptors (Lipinski definition) is 4. The van der Waals surface area contributed by atoms with Gasteiger partial charge in [-0.15, -0.1) is 22.7 Å². The summed E-state index contributed by atoms with van der Waals surface area (Å²) in [6.45, 7) is 4.29. The van der Waals surface area contributed by atoms with Crippen LogP contribution in [-0.4, -0.2) is 0 Å². The lowest BCUT2D eigenvalue weighted by molar-refractivity contribution is 0.648. The molecule has 0 aliphatic rings. The van der Waals surface area contributed by atoms with Crippen LogP contribution < -0.4 is 11.3 Å². The topological polar surface area (TPSA) is 38.0 Å². The first kappa shape index (κ1) is 11.8. The molecule has 0 aliphatic heterocycles. The molecule has 0 fully saturated rings. The maximum atomic E-state index is 5.66. The van der Waals surface area contributed by atoms with E-state index in [4.69, 9.17) is 5.84 Å². The Morgan fingerprint density at radius 1 is 1.44 bits per heavy atom. The molecule has 3 N–H and O–H groups in total. The van der Waals surface area contributed by atoms with E-state index in [1.54, 1.807) is 11.3 Å². The Balaban J connectivity index is 2.28. The summed E-state index contributed by atoms with van der Waals surface area (Å²) in [7, 11) is 0. The number of thiophene rings is 2. The second-order valence-electron chi connectivity index (χ2n) is 3.75. The fraction of sp³-hybridized carbons (Fsp3) is 0.333. The number of aryl methyl sites for hydroxylation is 2. The maximum absolute atomic E-state index is 5.66. The van der Waals surface area contributed by atoms with Crippen LogP contribution >= 0.6 is 22.7 Å². The van der Waals surface area contributed by atoms with E-state index in [2.05, 4.69) is 42.9 Å². The molecule has 16 heavy (non-hydrogen) atoms. The minimum Gasteiger partial charge on any atom is -0.271 e. The third kappa shape index (κ3) is 2.35. The molecule has 2 heterocycles. The summed E-state index contributed by atoms with van der Waals surface area (Å²) in [4.78, 5) is 4.02. The van der Waals surface area contributed by atoms with Gasteiger partial charge >= 0.3 is 0 Å². The van der Waals surface area contributed by atoms with Crippen molar-refractivity contribution >= 4 is 22.7 Å². The molecule has 86 valence electrons. The van der Waals surface area contributed by atoms with Crippen LogP contribution in [0.3, 0.4) is 0 Å². The minimum atomic E-state index is 0.134. The molecule has 4 heteroatoms. The molecular weight excluding hydrogens is 236 g/mol. The molecule has 1 unspecified atom stereocenters. The van der Waals surface area contributed by atoms with E-state index in [1.807, 2.05) is 11.3 Å². The first-order valence-electron chi connectivity index (χ1n) is 5.34. The summed E-state index contributed by atoms with van der Waals surface area (Å²) in [5.41, 5.74) is 4.16. The van der Waals surface area contributed by atoms with Crippen LogP contribution in [0.1, 0.15) is 33.2 Å². The van der Waals surface area contributed by atoms with Crippen LogP contribution in [0.5, 0.6) is 0 Å². The number of nitrogens with one attached hydrogen (secondary N) is 1. The van der Waals surface area contributed by atoms with Crippen molar-refractivity contribution in [3.63, 3.8) is 0 Å². The van der Waals surface area contributed by atoms with Gasteiger partial charge in [0.15, 0.2) is 0 Å². The Kier molecular flexibility index (Phi) is 3.76. The second kappa shape index (κ2) is 5.10. The smallest absolute Gasteiger partial charge is 0.0810 e. The zero-order valence-electron chi connectivity index (χ0n) is 9.49. The van der Waals surface area contributed by atoms with Gasteiger partial charge in [0.2, 0.25) is 0 Å². The van der Waals surface area contributed by atoms with E-state index in [1.165, 1.54) is 20.2 Å². The molecule has 0 radical (unpaired) electrons. The molecule has 0 saturated carbocycles. The molecule has 0 bridgehead atoms. The highest BCUT2D eigenvalue weighted by Crippen LogP contribution is 2.30. The van der Waals surface area contributed by atoms with Crippen LogP contribution in [0.15, 0.2) is 23.6 Å². The van der Waals surface area contributed by atoms with E-state index < -0.39 is 0 Å². The predicted octanol–water partition coefficient (Wildman–Crippen LogP) is 3.23. The molecule has 2 rings (SSSR count). The van der Waals surface area contributed by atoms with Crippen molar-refractivity contribution in [2.75, 3.05) is 0 Å². The summed E-state index contributed by atoms with van der Waals surface area (Å²) < 4.78 is 0. The zero-order valence-corrected chi connectivity index (χ0v) is 11.1.